The zero-order valence-corrected chi connectivity index (χ0v) is 9.69. The van der Waals surface area contributed by atoms with Gasteiger partial charge in [-0.05, 0) is 46.0 Å². The molecule has 0 atom stereocenters. The summed E-state index contributed by atoms with van der Waals surface area (Å²) in [6, 6.07) is 6.95. The molecule has 12 heavy (non-hydrogen) atoms. The summed E-state index contributed by atoms with van der Waals surface area (Å²) >= 11 is 17.4. The maximum Gasteiger partial charge on any atom is 0.311 e. The molecule has 0 amide bonds. The highest BCUT2D eigenvalue weighted by molar-refractivity contribution is 8.72. The van der Waals surface area contributed by atoms with Crippen molar-refractivity contribution < 1.29 is 4.57 Å². The van der Waals surface area contributed by atoms with Crippen molar-refractivity contribution in [1.82, 2.24) is 0 Å². The van der Waals surface area contributed by atoms with Crippen molar-refractivity contribution in [1.29, 1.82) is 0 Å². The first kappa shape index (κ1) is 10.7. The van der Waals surface area contributed by atoms with Gasteiger partial charge in [-0.1, -0.05) is 23.7 Å². The molecule has 6 heteroatoms. The average Bonchev–Trinajstić information content (AvgIpc) is 1.91. The Morgan fingerprint density at radius 2 is 1.83 bits per heavy atom. The lowest BCUT2D eigenvalue weighted by Crippen LogP contribution is -1.69. The lowest BCUT2D eigenvalue weighted by atomic mass is 10.4. The van der Waals surface area contributed by atoms with Gasteiger partial charge in [0.15, 0.2) is 0 Å². The van der Waals surface area contributed by atoms with Crippen molar-refractivity contribution in [2.45, 2.75) is 4.90 Å². The fourth-order valence-corrected chi connectivity index (χ4v) is 4.07. The molecule has 0 spiro atoms. The number of benzene rings is 1. The molecular formula is C6H4Cl3OPS. The molecule has 0 heterocycles. The van der Waals surface area contributed by atoms with Crippen molar-refractivity contribution in [3.63, 3.8) is 0 Å². The standard InChI is InChI=1S/C6H4Cl3OPS/c7-5-3-1-2-4-6(5)12-11(8,9)10/h1-4H. The molecule has 0 N–H and O–H groups in total. The normalized spacial score (nSPS) is 11.6. The molecule has 1 rings (SSSR count). The predicted octanol–water partition coefficient (Wildman–Crippen LogP) is 5.02. The van der Waals surface area contributed by atoms with Crippen LogP contribution in [0, 0.1) is 0 Å². The van der Waals surface area contributed by atoms with Crippen molar-refractivity contribution >= 4 is 50.5 Å². The summed E-state index contributed by atoms with van der Waals surface area (Å²) in [6.07, 6.45) is 0. The van der Waals surface area contributed by atoms with E-state index in [1.54, 1.807) is 24.3 Å². The molecule has 0 aliphatic heterocycles. The van der Waals surface area contributed by atoms with E-state index in [2.05, 4.69) is 0 Å². The molecule has 0 aliphatic rings. The fraction of sp³-hybridized carbons (Fsp3) is 0. The third-order valence-corrected chi connectivity index (χ3v) is 4.72. The fourth-order valence-electron chi connectivity index (χ4n) is 0.633. The molecule has 0 fully saturated rings. The van der Waals surface area contributed by atoms with Crippen LogP contribution in [-0.2, 0) is 4.57 Å². The summed E-state index contributed by atoms with van der Waals surface area (Å²) in [4.78, 5) is 0.632. The topological polar surface area (TPSA) is 17.1 Å². The van der Waals surface area contributed by atoms with Crippen molar-refractivity contribution in [2.24, 2.45) is 0 Å². The van der Waals surface area contributed by atoms with Gasteiger partial charge in [0.05, 0.1) is 5.02 Å². The van der Waals surface area contributed by atoms with Crippen molar-refractivity contribution in [3.05, 3.63) is 29.3 Å². The largest absolute Gasteiger partial charge is 0.311 e. The van der Waals surface area contributed by atoms with Crippen LogP contribution in [0.15, 0.2) is 29.2 Å². The van der Waals surface area contributed by atoms with Gasteiger partial charge in [-0.3, -0.25) is 4.57 Å². The van der Waals surface area contributed by atoms with E-state index in [-0.39, 0.29) is 0 Å². The van der Waals surface area contributed by atoms with Gasteiger partial charge in [0.25, 0.3) is 0 Å². The van der Waals surface area contributed by atoms with Gasteiger partial charge >= 0.3 is 5.05 Å². The Balaban J connectivity index is 2.90. The third-order valence-electron chi connectivity index (χ3n) is 1.04. The molecular weight excluding hydrogens is 257 g/mol. The monoisotopic (exact) mass is 260 g/mol. The second-order valence-corrected chi connectivity index (χ2v) is 10.5. The van der Waals surface area contributed by atoms with Crippen LogP contribution >= 0.6 is 50.5 Å². The minimum absolute atomic E-state index is 0.504. The summed E-state index contributed by atoms with van der Waals surface area (Å²) in [5.74, 6) is 0. The van der Waals surface area contributed by atoms with Gasteiger partial charge in [-0.15, -0.1) is 0 Å². The summed E-state index contributed by atoms with van der Waals surface area (Å²) in [5, 5.41) is -2.63. The summed E-state index contributed by atoms with van der Waals surface area (Å²) < 4.78 is 11.0. The van der Waals surface area contributed by atoms with Crippen LogP contribution in [-0.4, -0.2) is 0 Å². The van der Waals surface area contributed by atoms with Gasteiger partial charge in [-0.25, -0.2) is 0 Å². The average molecular weight is 261 g/mol. The summed E-state index contributed by atoms with van der Waals surface area (Å²) in [5.41, 5.74) is 0. The molecule has 1 nitrogen and oxygen atoms in total. The first-order valence-electron chi connectivity index (χ1n) is 2.92. The maximum atomic E-state index is 11.0. The van der Waals surface area contributed by atoms with E-state index >= 15 is 0 Å². The van der Waals surface area contributed by atoms with Gasteiger partial charge < -0.3 is 0 Å². The first-order valence-corrected chi connectivity index (χ1v) is 8.24. The van der Waals surface area contributed by atoms with Crippen LogP contribution < -0.4 is 0 Å². The smallest absolute Gasteiger partial charge is 0.277 e. The first-order chi connectivity index (χ1) is 5.49. The predicted molar refractivity (Wildman–Crippen MR) is 56.6 cm³/mol. The van der Waals surface area contributed by atoms with E-state index < -0.39 is 5.05 Å². The molecule has 1 aromatic rings. The van der Waals surface area contributed by atoms with Crippen LogP contribution in [0.2, 0.25) is 5.02 Å². The van der Waals surface area contributed by atoms with Crippen LogP contribution in [0.3, 0.4) is 0 Å². The maximum absolute atomic E-state index is 11.0. The number of rotatable bonds is 2. The molecule has 0 saturated carbocycles. The molecule has 0 aliphatic carbocycles. The zero-order chi connectivity index (χ0) is 9.19. The Labute approximate surface area is 89.1 Å². The van der Waals surface area contributed by atoms with Gasteiger partial charge in [-0.2, -0.15) is 0 Å². The second-order valence-electron chi connectivity index (χ2n) is 1.94. The highest BCUT2D eigenvalue weighted by Gasteiger charge is 2.17. The molecule has 66 valence electrons. The Morgan fingerprint density at radius 1 is 1.25 bits per heavy atom. The third kappa shape index (κ3) is 3.59. The molecule has 0 unspecified atom stereocenters. The van der Waals surface area contributed by atoms with Gasteiger partial charge in [0.2, 0.25) is 0 Å². The Bertz CT molecular complexity index is 324. The van der Waals surface area contributed by atoms with Crippen LogP contribution in [0.5, 0.6) is 0 Å². The molecule has 0 aromatic heterocycles. The lowest BCUT2D eigenvalue weighted by molar-refractivity contribution is 0.600. The molecule has 0 radical (unpaired) electrons. The quantitative estimate of drug-likeness (QED) is 0.695. The van der Waals surface area contributed by atoms with Gasteiger partial charge in [0.1, 0.15) is 0 Å². The lowest BCUT2D eigenvalue weighted by Gasteiger charge is -2.02. The molecule has 0 saturated heterocycles. The highest BCUT2D eigenvalue weighted by Crippen LogP contribution is 2.70. The Hall–Kier alpha value is 0.670. The number of hydrogen-bond donors (Lipinski definition) is 0. The van der Waals surface area contributed by atoms with E-state index in [9.17, 15) is 4.57 Å². The van der Waals surface area contributed by atoms with Crippen molar-refractivity contribution in [3.8, 4) is 0 Å². The number of halogens is 3. The van der Waals surface area contributed by atoms with Crippen LogP contribution in [0.25, 0.3) is 0 Å². The molecule has 1 aromatic carbocycles. The van der Waals surface area contributed by atoms with Crippen LogP contribution in [0.4, 0.5) is 0 Å². The summed E-state index contributed by atoms with van der Waals surface area (Å²) in [7, 11) is 0. The number of hydrogen-bond acceptors (Lipinski definition) is 2. The summed E-state index contributed by atoms with van der Waals surface area (Å²) in [6.45, 7) is 0. The van der Waals surface area contributed by atoms with Crippen LogP contribution in [0.1, 0.15) is 0 Å². The second kappa shape index (κ2) is 4.26. The van der Waals surface area contributed by atoms with E-state index in [0.717, 1.165) is 11.4 Å². The SMILES string of the molecule is O=P(Cl)(Cl)Sc1ccccc1Cl. The minimum Gasteiger partial charge on any atom is -0.277 e. The van der Waals surface area contributed by atoms with E-state index in [4.69, 9.17) is 34.1 Å². The highest BCUT2D eigenvalue weighted by atomic mass is 35.9. The zero-order valence-electron chi connectivity index (χ0n) is 5.71. The van der Waals surface area contributed by atoms with E-state index in [1.165, 1.54) is 0 Å². The van der Waals surface area contributed by atoms with E-state index in [1.807, 2.05) is 0 Å². The van der Waals surface area contributed by atoms with Crippen molar-refractivity contribution in [2.75, 3.05) is 0 Å². The van der Waals surface area contributed by atoms with Gasteiger partial charge in [0, 0.05) is 4.90 Å². The Morgan fingerprint density at radius 3 is 2.33 bits per heavy atom. The van der Waals surface area contributed by atoms with E-state index in [0.29, 0.717) is 9.92 Å². The minimum atomic E-state index is -3.14. The Kier molecular flexibility index (Phi) is 3.81. The molecule has 0 bridgehead atoms.